The molecule has 2 rings (SSSR count). The highest BCUT2D eigenvalue weighted by atomic mass is 32.1. The number of thiophene rings is 1. The van der Waals surface area contributed by atoms with Crippen molar-refractivity contribution >= 4 is 17.4 Å². The first-order chi connectivity index (χ1) is 11.0. The predicted molar refractivity (Wildman–Crippen MR) is 94.7 cm³/mol. The van der Waals surface area contributed by atoms with Crippen LogP contribution in [0.25, 0.3) is 0 Å². The molecule has 6 heteroatoms. The Morgan fingerprint density at radius 2 is 2.22 bits per heavy atom. The molecular weight excluding hydrogens is 310 g/mol. The highest BCUT2D eigenvalue weighted by molar-refractivity contribution is 7.07. The van der Waals surface area contributed by atoms with Gasteiger partial charge in [-0.3, -0.25) is 4.90 Å². The Bertz CT molecular complexity index is 504. The third-order valence-electron chi connectivity index (χ3n) is 4.06. The fourth-order valence-electron chi connectivity index (χ4n) is 2.58. The number of aliphatic hydroxyl groups excluding tert-OH is 1. The first-order valence-electron chi connectivity index (χ1n) is 8.15. The van der Waals surface area contributed by atoms with Crippen LogP contribution >= 0.6 is 11.3 Å². The van der Waals surface area contributed by atoms with Crippen LogP contribution in [0.5, 0.6) is 0 Å². The molecule has 1 fully saturated rings. The van der Waals surface area contributed by atoms with Crippen molar-refractivity contribution in [3.8, 4) is 0 Å². The molecule has 2 heterocycles. The van der Waals surface area contributed by atoms with Gasteiger partial charge in [0.1, 0.15) is 0 Å². The molecule has 1 aliphatic rings. The van der Waals surface area contributed by atoms with Crippen LogP contribution in [0, 0.1) is 0 Å². The largest absolute Gasteiger partial charge is 0.387 e. The molecule has 0 spiro atoms. The normalized spacial score (nSPS) is 17.5. The van der Waals surface area contributed by atoms with Crippen LogP contribution in [0.4, 0.5) is 4.79 Å². The fourth-order valence-corrected chi connectivity index (χ4v) is 3.29. The molecule has 1 atom stereocenters. The molecule has 0 bridgehead atoms. The molecule has 1 aliphatic heterocycles. The SMILES string of the molecule is CC(C)=CCN1CCC(NC(=O)NC[C@H](O)c2ccsc2)CC1. The molecule has 0 radical (unpaired) electrons. The Labute approximate surface area is 142 Å². The molecule has 5 nitrogen and oxygen atoms in total. The molecule has 23 heavy (non-hydrogen) atoms. The quantitative estimate of drug-likeness (QED) is 0.699. The van der Waals surface area contributed by atoms with Gasteiger partial charge in [0.15, 0.2) is 0 Å². The summed E-state index contributed by atoms with van der Waals surface area (Å²) in [6.45, 7) is 7.47. The van der Waals surface area contributed by atoms with E-state index in [2.05, 4.69) is 35.5 Å². The Hall–Kier alpha value is -1.37. The van der Waals surface area contributed by atoms with Crippen LogP contribution in [-0.2, 0) is 0 Å². The summed E-state index contributed by atoms with van der Waals surface area (Å²) in [6, 6.07) is 1.90. The minimum absolute atomic E-state index is 0.193. The van der Waals surface area contributed by atoms with E-state index in [9.17, 15) is 9.90 Å². The first-order valence-corrected chi connectivity index (χ1v) is 9.09. The number of allylic oxidation sites excluding steroid dienone is 1. The van der Waals surface area contributed by atoms with Crippen molar-refractivity contribution in [2.75, 3.05) is 26.2 Å². The second-order valence-corrected chi connectivity index (χ2v) is 7.06. The Morgan fingerprint density at radius 3 is 2.83 bits per heavy atom. The van der Waals surface area contributed by atoms with Crippen molar-refractivity contribution < 1.29 is 9.90 Å². The van der Waals surface area contributed by atoms with E-state index in [4.69, 9.17) is 0 Å². The van der Waals surface area contributed by atoms with Gasteiger partial charge >= 0.3 is 6.03 Å². The van der Waals surface area contributed by atoms with Gasteiger partial charge in [0.05, 0.1) is 6.10 Å². The van der Waals surface area contributed by atoms with Crippen molar-refractivity contribution in [1.82, 2.24) is 15.5 Å². The van der Waals surface area contributed by atoms with Crippen molar-refractivity contribution in [2.45, 2.75) is 38.8 Å². The second-order valence-electron chi connectivity index (χ2n) is 6.28. The van der Waals surface area contributed by atoms with Crippen molar-refractivity contribution in [2.24, 2.45) is 0 Å². The van der Waals surface area contributed by atoms with Gasteiger partial charge in [-0.15, -0.1) is 0 Å². The number of amides is 2. The van der Waals surface area contributed by atoms with E-state index in [0.29, 0.717) is 0 Å². The number of piperidine rings is 1. The van der Waals surface area contributed by atoms with Gasteiger partial charge in [0.25, 0.3) is 0 Å². The Balaban J connectivity index is 1.64. The predicted octanol–water partition coefficient (Wildman–Crippen LogP) is 2.51. The summed E-state index contributed by atoms with van der Waals surface area (Å²) in [5, 5.41) is 19.5. The average Bonchev–Trinajstić information content (AvgIpc) is 3.06. The van der Waals surface area contributed by atoms with E-state index in [-0.39, 0.29) is 18.6 Å². The number of rotatable bonds is 6. The minimum atomic E-state index is -0.641. The smallest absolute Gasteiger partial charge is 0.315 e. The average molecular weight is 337 g/mol. The number of hydrogen-bond acceptors (Lipinski definition) is 4. The van der Waals surface area contributed by atoms with E-state index >= 15 is 0 Å². The van der Waals surface area contributed by atoms with Gasteiger partial charge in [0.2, 0.25) is 0 Å². The number of nitrogens with one attached hydrogen (secondary N) is 2. The lowest BCUT2D eigenvalue weighted by molar-refractivity contribution is 0.170. The molecule has 0 unspecified atom stereocenters. The molecule has 2 amide bonds. The highest BCUT2D eigenvalue weighted by Gasteiger charge is 2.20. The molecule has 0 aromatic carbocycles. The number of carbonyl (C=O) groups excluding carboxylic acids is 1. The van der Waals surface area contributed by atoms with Gasteiger partial charge in [-0.2, -0.15) is 11.3 Å². The van der Waals surface area contributed by atoms with Gasteiger partial charge in [-0.1, -0.05) is 11.6 Å². The van der Waals surface area contributed by atoms with Crippen LogP contribution in [-0.4, -0.2) is 48.3 Å². The maximum absolute atomic E-state index is 11.9. The molecule has 0 saturated carbocycles. The van der Waals surface area contributed by atoms with Crippen LogP contribution < -0.4 is 10.6 Å². The third kappa shape index (κ3) is 6.33. The Morgan fingerprint density at radius 1 is 1.48 bits per heavy atom. The number of urea groups is 1. The first kappa shape index (κ1) is 18.0. The molecule has 1 aromatic heterocycles. The maximum Gasteiger partial charge on any atom is 0.315 e. The number of nitrogens with zero attached hydrogens (tertiary/aromatic N) is 1. The fraction of sp³-hybridized carbons (Fsp3) is 0.588. The molecular formula is C17H27N3O2S. The zero-order valence-electron chi connectivity index (χ0n) is 13.9. The van der Waals surface area contributed by atoms with Gasteiger partial charge in [-0.25, -0.2) is 4.79 Å². The monoisotopic (exact) mass is 337 g/mol. The van der Waals surface area contributed by atoms with Crippen LogP contribution in [0.15, 0.2) is 28.5 Å². The lowest BCUT2D eigenvalue weighted by Crippen LogP contribution is -2.48. The standard InChI is InChI=1S/C17H27N3O2S/c1-13(2)3-7-20-8-4-15(5-9-20)19-17(22)18-11-16(21)14-6-10-23-12-14/h3,6,10,12,15-16,21H,4-5,7-9,11H2,1-2H3,(H2,18,19,22)/t16-/m0/s1. The zero-order chi connectivity index (χ0) is 16.7. The third-order valence-corrected chi connectivity index (χ3v) is 4.77. The van der Waals surface area contributed by atoms with E-state index in [1.165, 1.54) is 16.9 Å². The summed E-state index contributed by atoms with van der Waals surface area (Å²) in [5.41, 5.74) is 2.19. The summed E-state index contributed by atoms with van der Waals surface area (Å²) in [7, 11) is 0. The second kappa shape index (κ2) is 9.05. The van der Waals surface area contributed by atoms with E-state index < -0.39 is 6.10 Å². The van der Waals surface area contributed by atoms with E-state index in [1.807, 2.05) is 16.8 Å². The summed E-state index contributed by atoms with van der Waals surface area (Å²) >= 11 is 1.54. The lowest BCUT2D eigenvalue weighted by Gasteiger charge is -2.31. The van der Waals surface area contributed by atoms with Crippen molar-refractivity contribution in [3.05, 3.63) is 34.0 Å². The lowest BCUT2D eigenvalue weighted by atomic mass is 10.1. The molecule has 3 N–H and O–H groups in total. The van der Waals surface area contributed by atoms with Gasteiger partial charge in [-0.05, 0) is 49.1 Å². The van der Waals surface area contributed by atoms with Crippen LogP contribution in [0.3, 0.4) is 0 Å². The van der Waals surface area contributed by atoms with Crippen LogP contribution in [0.2, 0.25) is 0 Å². The van der Waals surface area contributed by atoms with Crippen molar-refractivity contribution in [1.29, 1.82) is 0 Å². The van der Waals surface area contributed by atoms with Gasteiger partial charge in [0, 0.05) is 32.2 Å². The van der Waals surface area contributed by atoms with Gasteiger partial charge < -0.3 is 15.7 Å². The number of carbonyl (C=O) groups is 1. The van der Waals surface area contributed by atoms with Crippen LogP contribution in [0.1, 0.15) is 38.4 Å². The van der Waals surface area contributed by atoms with Crippen molar-refractivity contribution in [3.63, 3.8) is 0 Å². The Kier molecular flexibility index (Phi) is 7.08. The summed E-state index contributed by atoms with van der Waals surface area (Å²) < 4.78 is 0. The summed E-state index contributed by atoms with van der Waals surface area (Å²) in [4.78, 5) is 14.3. The highest BCUT2D eigenvalue weighted by Crippen LogP contribution is 2.15. The number of likely N-dealkylation sites (tertiary alicyclic amines) is 1. The minimum Gasteiger partial charge on any atom is -0.387 e. The topological polar surface area (TPSA) is 64.6 Å². The molecule has 128 valence electrons. The zero-order valence-corrected chi connectivity index (χ0v) is 14.7. The molecule has 1 saturated heterocycles. The van der Waals surface area contributed by atoms with E-state index in [1.54, 1.807) is 0 Å². The number of aliphatic hydroxyl groups is 1. The molecule has 0 aliphatic carbocycles. The summed E-state index contributed by atoms with van der Waals surface area (Å²) in [6.07, 6.45) is 3.54. The molecule has 1 aromatic rings. The number of hydrogen-bond donors (Lipinski definition) is 3. The summed E-state index contributed by atoms with van der Waals surface area (Å²) in [5.74, 6) is 0. The maximum atomic E-state index is 11.9. The van der Waals surface area contributed by atoms with E-state index in [0.717, 1.165) is 38.0 Å².